The van der Waals surface area contributed by atoms with Gasteiger partial charge in [-0.2, -0.15) is 4.31 Å². The van der Waals surface area contributed by atoms with E-state index in [0.29, 0.717) is 56.3 Å². The maximum Gasteiger partial charge on any atom is 0.254 e. The molecule has 0 saturated carbocycles. The fourth-order valence-electron chi connectivity index (χ4n) is 4.99. The first-order chi connectivity index (χ1) is 19.4. The number of hydrogen-bond donors (Lipinski definition) is 0. The fourth-order valence-corrected chi connectivity index (χ4v) is 6.41. The van der Waals surface area contributed by atoms with E-state index >= 15 is 0 Å². The second-order valence-electron chi connectivity index (χ2n) is 10.3. The molecule has 1 aliphatic heterocycles. The van der Waals surface area contributed by atoms with Crippen molar-refractivity contribution < 1.29 is 13.2 Å². The molecule has 0 radical (unpaired) electrons. The Balaban J connectivity index is 1.21. The number of hydrogen-bond acceptors (Lipinski definition) is 4. The van der Waals surface area contributed by atoms with Gasteiger partial charge in [0.1, 0.15) is 0 Å². The molecule has 0 spiro atoms. The Bertz CT molecular complexity index is 1460. The lowest BCUT2D eigenvalue weighted by atomic mass is 10.1. The zero-order valence-corrected chi connectivity index (χ0v) is 23.6. The zero-order valence-electron chi connectivity index (χ0n) is 22.8. The molecule has 0 atom stereocenters. The van der Waals surface area contributed by atoms with E-state index in [0.717, 1.165) is 22.3 Å². The molecule has 0 bridgehead atoms. The Kier molecular flexibility index (Phi) is 8.75. The van der Waals surface area contributed by atoms with Crippen molar-refractivity contribution in [2.75, 3.05) is 26.2 Å². The van der Waals surface area contributed by atoms with E-state index in [-0.39, 0.29) is 5.91 Å². The van der Waals surface area contributed by atoms with Crippen LogP contribution in [0.4, 0.5) is 0 Å². The Morgan fingerprint density at radius 1 is 0.675 bits per heavy atom. The first-order valence-electron chi connectivity index (χ1n) is 13.6. The molecule has 0 aromatic heterocycles. The van der Waals surface area contributed by atoms with Crippen LogP contribution in [0, 0.1) is 6.92 Å². The van der Waals surface area contributed by atoms with Gasteiger partial charge in [0.2, 0.25) is 10.0 Å². The number of sulfonamides is 1. The number of carbonyl (C=O) groups excluding carboxylic acids is 1. The molecule has 6 nitrogen and oxygen atoms in total. The largest absolute Gasteiger partial charge is 0.330 e. The minimum absolute atomic E-state index is 0.00539. The van der Waals surface area contributed by atoms with Crippen molar-refractivity contribution in [3.63, 3.8) is 0 Å². The summed E-state index contributed by atoms with van der Waals surface area (Å²) in [5, 5.41) is 0. The second-order valence-corrected chi connectivity index (χ2v) is 12.3. The zero-order chi connectivity index (χ0) is 28.0. The number of aryl methyl sites for hydroxylation is 1. The third-order valence-corrected chi connectivity index (χ3v) is 9.23. The molecule has 1 fully saturated rings. The quantitative estimate of drug-likeness (QED) is 0.281. The Morgan fingerprint density at radius 3 is 1.73 bits per heavy atom. The van der Waals surface area contributed by atoms with Crippen LogP contribution in [0.15, 0.2) is 114 Å². The topological polar surface area (TPSA) is 60.9 Å². The van der Waals surface area contributed by atoms with Gasteiger partial charge in [-0.1, -0.05) is 90.5 Å². The summed E-state index contributed by atoms with van der Waals surface area (Å²) in [7, 11) is -3.48. The van der Waals surface area contributed by atoms with Crippen LogP contribution >= 0.6 is 0 Å². The van der Waals surface area contributed by atoms with Crippen molar-refractivity contribution in [3.8, 4) is 0 Å². The molecular formula is C33H35N3O3S. The van der Waals surface area contributed by atoms with E-state index < -0.39 is 10.0 Å². The molecule has 1 saturated heterocycles. The molecule has 4 aromatic carbocycles. The lowest BCUT2D eigenvalue weighted by molar-refractivity contribution is 0.0730. The highest BCUT2D eigenvalue weighted by molar-refractivity contribution is 7.89. The number of carbonyl (C=O) groups is 1. The van der Waals surface area contributed by atoms with Crippen LogP contribution in [0.5, 0.6) is 0 Å². The van der Waals surface area contributed by atoms with Crippen molar-refractivity contribution in [1.29, 1.82) is 0 Å². The van der Waals surface area contributed by atoms with Crippen molar-refractivity contribution >= 4 is 15.9 Å². The van der Waals surface area contributed by atoms with Crippen LogP contribution in [-0.4, -0.2) is 54.6 Å². The van der Waals surface area contributed by atoms with Crippen LogP contribution in [0.2, 0.25) is 0 Å². The molecule has 4 aromatic rings. The van der Waals surface area contributed by atoms with E-state index in [9.17, 15) is 13.2 Å². The number of amides is 1. The molecular weight excluding hydrogens is 518 g/mol. The molecule has 206 valence electrons. The standard InChI is InChI=1S/C33H35N3O3S/c1-27-12-18-32(19-13-27)40(38,39)36-22-20-34(21-23-36)24-30-14-16-31(17-15-30)33(37)35(25-28-8-4-2-5-9-28)26-29-10-6-3-7-11-29/h2-19H,20-26H2,1H3. The van der Waals surface area contributed by atoms with Crippen molar-refractivity contribution in [1.82, 2.24) is 14.1 Å². The van der Waals surface area contributed by atoms with Gasteiger partial charge in [0.05, 0.1) is 4.90 Å². The SMILES string of the molecule is Cc1ccc(S(=O)(=O)N2CCN(Cc3ccc(C(=O)N(Cc4ccccc4)Cc4ccccc4)cc3)CC2)cc1. The average Bonchev–Trinajstić information content (AvgIpc) is 2.98. The molecule has 40 heavy (non-hydrogen) atoms. The maximum absolute atomic E-state index is 13.6. The first kappa shape index (κ1) is 27.8. The number of rotatable bonds is 9. The number of nitrogens with zero attached hydrogens (tertiary/aromatic N) is 3. The molecule has 1 amide bonds. The van der Waals surface area contributed by atoms with E-state index in [2.05, 4.69) is 4.90 Å². The maximum atomic E-state index is 13.6. The summed E-state index contributed by atoms with van der Waals surface area (Å²) in [5.41, 5.74) is 4.98. The van der Waals surface area contributed by atoms with Gasteiger partial charge in [0, 0.05) is 51.4 Å². The number of piperazine rings is 1. The van der Waals surface area contributed by atoms with Crippen molar-refractivity contribution in [3.05, 3.63) is 137 Å². The molecule has 0 aliphatic carbocycles. The normalized spacial score (nSPS) is 14.6. The van der Waals surface area contributed by atoms with Gasteiger partial charge in [0.25, 0.3) is 5.91 Å². The van der Waals surface area contributed by atoms with Crippen LogP contribution in [0.1, 0.15) is 32.6 Å². The predicted octanol–water partition coefficient (Wildman–Crippen LogP) is 5.34. The third-order valence-electron chi connectivity index (χ3n) is 7.32. The van der Waals surface area contributed by atoms with Gasteiger partial charge >= 0.3 is 0 Å². The molecule has 7 heteroatoms. The molecule has 0 N–H and O–H groups in total. The van der Waals surface area contributed by atoms with E-state index in [1.54, 1.807) is 16.4 Å². The minimum atomic E-state index is -3.48. The Labute approximate surface area is 237 Å². The second kappa shape index (κ2) is 12.6. The van der Waals surface area contributed by atoms with Gasteiger partial charge in [-0.3, -0.25) is 9.69 Å². The predicted molar refractivity (Wildman–Crippen MR) is 158 cm³/mol. The summed E-state index contributed by atoms with van der Waals surface area (Å²) >= 11 is 0. The summed E-state index contributed by atoms with van der Waals surface area (Å²) in [6.07, 6.45) is 0. The monoisotopic (exact) mass is 553 g/mol. The van der Waals surface area contributed by atoms with Gasteiger partial charge in [-0.25, -0.2) is 8.42 Å². The molecule has 1 heterocycles. The third kappa shape index (κ3) is 6.86. The van der Waals surface area contributed by atoms with Crippen LogP contribution < -0.4 is 0 Å². The smallest absolute Gasteiger partial charge is 0.254 e. The highest BCUT2D eigenvalue weighted by atomic mass is 32.2. The fraction of sp³-hybridized carbons (Fsp3) is 0.242. The summed E-state index contributed by atoms with van der Waals surface area (Å²) in [4.78, 5) is 18.1. The lowest BCUT2D eigenvalue weighted by Gasteiger charge is -2.34. The molecule has 1 aliphatic rings. The Hall–Kier alpha value is -3.78. The first-order valence-corrected chi connectivity index (χ1v) is 15.1. The highest BCUT2D eigenvalue weighted by Crippen LogP contribution is 2.20. The van der Waals surface area contributed by atoms with Gasteiger partial charge in [-0.15, -0.1) is 0 Å². The van der Waals surface area contributed by atoms with Gasteiger partial charge < -0.3 is 4.90 Å². The van der Waals surface area contributed by atoms with Crippen molar-refractivity contribution in [2.24, 2.45) is 0 Å². The summed E-state index contributed by atoms with van der Waals surface area (Å²) < 4.78 is 27.6. The van der Waals surface area contributed by atoms with Crippen molar-refractivity contribution in [2.45, 2.75) is 31.5 Å². The van der Waals surface area contributed by atoms with E-state index in [1.165, 1.54) is 0 Å². The average molecular weight is 554 g/mol. The molecule has 5 rings (SSSR count). The van der Waals surface area contributed by atoms with Gasteiger partial charge in [-0.05, 0) is 47.9 Å². The van der Waals surface area contributed by atoms with E-state index in [4.69, 9.17) is 0 Å². The van der Waals surface area contributed by atoms with Crippen LogP contribution in [0.25, 0.3) is 0 Å². The van der Waals surface area contributed by atoms with Crippen LogP contribution in [-0.2, 0) is 29.7 Å². The highest BCUT2D eigenvalue weighted by Gasteiger charge is 2.28. The lowest BCUT2D eigenvalue weighted by Crippen LogP contribution is -2.48. The van der Waals surface area contributed by atoms with E-state index in [1.807, 2.05) is 109 Å². The minimum Gasteiger partial charge on any atom is -0.330 e. The van der Waals surface area contributed by atoms with Crippen LogP contribution in [0.3, 0.4) is 0 Å². The summed E-state index contributed by atoms with van der Waals surface area (Å²) in [5.74, 6) is -0.00539. The van der Waals surface area contributed by atoms with Gasteiger partial charge in [0.15, 0.2) is 0 Å². The summed E-state index contributed by atoms with van der Waals surface area (Å²) in [6.45, 7) is 5.97. The molecule has 0 unspecified atom stereocenters. The summed E-state index contributed by atoms with van der Waals surface area (Å²) in [6, 6.07) is 34.9. The number of benzene rings is 4. The Morgan fingerprint density at radius 2 is 1.20 bits per heavy atom.